The van der Waals surface area contributed by atoms with Crippen LogP contribution in [0.25, 0.3) is 0 Å². The number of aryl methyl sites for hydroxylation is 2. The van der Waals surface area contributed by atoms with Crippen LogP contribution in [0.1, 0.15) is 37.5 Å². The van der Waals surface area contributed by atoms with E-state index in [0.717, 1.165) is 16.7 Å². The normalized spacial score (nSPS) is 10.5. The molecule has 0 bridgehead atoms. The summed E-state index contributed by atoms with van der Waals surface area (Å²) in [6, 6.07) is 15.2. The third-order valence-corrected chi connectivity index (χ3v) is 3.98. The second kappa shape index (κ2) is 7.23. The van der Waals surface area contributed by atoms with Crippen LogP contribution in [-0.4, -0.2) is 21.4 Å². The molecular weight excluding hydrogens is 328 g/mol. The minimum absolute atomic E-state index is 0.164. The van der Waals surface area contributed by atoms with Gasteiger partial charge < -0.3 is 15.6 Å². The molecule has 6 heteroatoms. The molecule has 1 aromatic heterocycles. The number of carbonyl (C=O) groups is 2. The van der Waals surface area contributed by atoms with E-state index in [2.05, 4.69) is 10.3 Å². The van der Waals surface area contributed by atoms with Crippen molar-refractivity contribution in [2.75, 3.05) is 5.32 Å². The fraction of sp³-hybridized carbons (Fsp3) is 0.150. The highest BCUT2D eigenvalue weighted by molar-refractivity contribution is 6.07. The Balaban J connectivity index is 1.88. The van der Waals surface area contributed by atoms with E-state index in [1.807, 2.05) is 50.2 Å². The topological polar surface area (TPSA) is 90.0 Å². The average molecular weight is 348 g/mol. The van der Waals surface area contributed by atoms with Gasteiger partial charge in [0, 0.05) is 12.1 Å². The summed E-state index contributed by atoms with van der Waals surface area (Å²) >= 11 is 0. The van der Waals surface area contributed by atoms with Crippen molar-refractivity contribution in [2.45, 2.75) is 20.4 Å². The van der Waals surface area contributed by atoms with Crippen LogP contribution in [0.2, 0.25) is 0 Å². The zero-order valence-electron chi connectivity index (χ0n) is 14.7. The number of amides is 2. The van der Waals surface area contributed by atoms with Crippen LogP contribution in [-0.2, 0) is 6.54 Å². The number of rotatable bonds is 5. The van der Waals surface area contributed by atoms with E-state index in [1.165, 1.54) is 6.33 Å². The number of imidazole rings is 1. The number of benzene rings is 2. The molecule has 0 unspecified atom stereocenters. The third kappa shape index (κ3) is 3.80. The summed E-state index contributed by atoms with van der Waals surface area (Å²) in [7, 11) is 0. The SMILES string of the molecule is Cc1cc(C)cc(C(=O)Nc2ncn(Cc3ccccc3)c2C(N)=O)c1. The van der Waals surface area contributed by atoms with Crippen LogP contribution in [0.5, 0.6) is 0 Å². The van der Waals surface area contributed by atoms with Crippen molar-refractivity contribution in [1.29, 1.82) is 0 Å². The molecule has 0 radical (unpaired) electrons. The van der Waals surface area contributed by atoms with Crippen molar-refractivity contribution in [1.82, 2.24) is 9.55 Å². The molecule has 2 amide bonds. The van der Waals surface area contributed by atoms with Crippen LogP contribution >= 0.6 is 0 Å². The van der Waals surface area contributed by atoms with Gasteiger partial charge in [0.1, 0.15) is 0 Å². The van der Waals surface area contributed by atoms with Crippen molar-refractivity contribution >= 4 is 17.6 Å². The van der Waals surface area contributed by atoms with Crippen molar-refractivity contribution in [3.8, 4) is 0 Å². The molecule has 26 heavy (non-hydrogen) atoms. The van der Waals surface area contributed by atoms with Crippen LogP contribution < -0.4 is 11.1 Å². The molecule has 0 spiro atoms. The molecule has 132 valence electrons. The first-order valence-corrected chi connectivity index (χ1v) is 8.22. The molecule has 2 aromatic carbocycles. The van der Waals surface area contributed by atoms with Gasteiger partial charge in [-0.05, 0) is 31.5 Å². The van der Waals surface area contributed by atoms with Crippen LogP contribution in [0, 0.1) is 13.8 Å². The molecule has 0 saturated carbocycles. The standard InChI is InChI=1S/C20H20N4O2/c1-13-8-14(2)10-16(9-13)20(26)23-19-17(18(21)25)24(12-22-19)11-15-6-4-3-5-7-15/h3-10,12H,11H2,1-2H3,(H2,21,25)(H,23,26). The van der Waals surface area contributed by atoms with Gasteiger partial charge in [0.15, 0.2) is 11.5 Å². The maximum absolute atomic E-state index is 12.5. The van der Waals surface area contributed by atoms with Gasteiger partial charge in [-0.1, -0.05) is 47.5 Å². The lowest BCUT2D eigenvalue weighted by Crippen LogP contribution is -2.21. The Morgan fingerprint density at radius 3 is 2.35 bits per heavy atom. The lowest BCUT2D eigenvalue weighted by molar-refractivity contribution is 0.0993. The zero-order chi connectivity index (χ0) is 18.7. The average Bonchev–Trinajstić information content (AvgIpc) is 2.97. The summed E-state index contributed by atoms with van der Waals surface area (Å²) in [6.07, 6.45) is 1.50. The zero-order valence-corrected chi connectivity index (χ0v) is 14.7. The molecule has 0 aliphatic heterocycles. The van der Waals surface area contributed by atoms with Crippen molar-refractivity contribution in [2.24, 2.45) is 5.73 Å². The van der Waals surface area contributed by atoms with E-state index in [-0.39, 0.29) is 17.4 Å². The number of hydrogen-bond acceptors (Lipinski definition) is 3. The maximum Gasteiger partial charge on any atom is 0.269 e. The Morgan fingerprint density at radius 1 is 1.08 bits per heavy atom. The van der Waals surface area contributed by atoms with Gasteiger partial charge in [0.25, 0.3) is 11.8 Å². The Kier molecular flexibility index (Phi) is 4.84. The van der Waals surface area contributed by atoms with Gasteiger partial charge in [-0.3, -0.25) is 9.59 Å². The predicted octanol–water partition coefficient (Wildman–Crippen LogP) is 2.90. The fourth-order valence-corrected chi connectivity index (χ4v) is 2.92. The number of nitrogens with two attached hydrogens (primary N) is 1. The molecule has 0 saturated heterocycles. The monoisotopic (exact) mass is 348 g/mol. The number of aromatic nitrogens is 2. The first kappa shape index (κ1) is 17.4. The highest BCUT2D eigenvalue weighted by Gasteiger charge is 2.19. The molecule has 0 fully saturated rings. The molecule has 1 heterocycles. The Morgan fingerprint density at radius 2 is 1.73 bits per heavy atom. The van der Waals surface area contributed by atoms with Crippen LogP contribution in [0.4, 0.5) is 5.82 Å². The Hall–Kier alpha value is -3.41. The van der Waals surface area contributed by atoms with Crippen molar-refractivity contribution in [3.63, 3.8) is 0 Å². The number of nitrogens with one attached hydrogen (secondary N) is 1. The summed E-state index contributed by atoms with van der Waals surface area (Å²) in [5, 5.41) is 2.70. The Labute approximate surface area is 151 Å². The first-order chi connectivity index (χ1) is 12.4. The van der Waals surface area contributed by atoms with Gasteiger partial charge in [0.05, 0.1) is 6.33 Å². The molecule has 0 aliphatic rings. The molecule has 3 rings (SSSR count). The summed E-state index contributed by atoms with van der Waals surface area (Å²) in [5.41, 5.74) is 9.18. The van der Waals surface area contributed by atoms with Crippen molar-refractivity contribution < 1.29 is 9.59 Å². The maximum atomic E-state index is 12.5. The molecule has 6 nitrogen and oxygen atoms in total. The Bertz CT molecular complexity index is 941. The largest absolute Gasteiger partial charge is 0.364 e. The number of nitrogens with zero attached hydrogens (tertiary/aromatic N) is 2. The second-order valence-corrected chi connectivity index (χ2v) is 6.25. The molecule has 3 aromatic rings. The van der Waals surface area contributed by atoms with E-state index in [4.69, 9.17) is 5.73 Å². The number of carbonyl (C=O) groups excluding carboxylic acids is 2. The van der Waals surface area contributed by atoms with E-state index in [1.54, 1.807) is 16.7 Å². The summed E-state index contributed by atoms with van der Waals surface area (Å²) in [6.45, 7) is 4.28. The fourth-order valence-electron chi connectivity index (χ4n) is 2.92. The van der Waals surface area contributed by atoms with E-state index in [9.17, 15) is 9.59 Å². The molecule has 0 aliphatic carbocycles. The smallest absolute Gasteiger partial charge is 0.269 e. The quantitative estimate of drug-likeness (QED) is 0.743. The third-order valence-electron chi connectivity index (χ3n) is 3.98. The van der Waals surface area contributed by atoms with Crippen LogP contribution in [0.15, 0.2) is 54.9 Å². The highest BCUT2D eigenvalue weighted by atomic mass is 16.2. The van der Waals surface area contributed by atoms with E-state index < -0.39 is 5.91 Å². The molecule has 0 atom stereocenters. The first-order valence-electron chi connectivity index (χ1n) is 8.22. The van der Waals surface area contributed by atoms with Gasteiger partial charge in [-0.15, -0.1) is 0 Å². The lowest BCUT2D eigenvalue weighted by Gasteiger charge is -2.09. The van der Waals surface area contributed by atoms with Crippen LogP contribution in [0.3, 0.4) is 0 Å². The van der Waals surface area contributed by atoms with Crippen molar-refractivity contribution in [3.05, 3.63) is 82.8 Å². The number of hydrogen-bond donors (Lipinski definition) is 2. The lowest BCUT2D eigenvalue weighted by atomic mass is 10.1. The number of primary amides is 1. The van der Waals surface area contributed by atoms with Gasteiger partial charge in [0.2, 0.25) is 0 Å². The van der Waals surface area contributed by atoms with E-state index >= 15 is 0 Å². The van der Waals surface area contributed by atoms with Gasteiger partial charge in [-0.25, -0.2) is 4.98 Å². The minimum Gasteiger partial charge on any atom is -0.364 e. The molecular formula is C20H20N4O2. The van der Waals surface area contributed by atoms with Gasteiger partial charge >= 0.3 is 0 Å². The summed E-state index contributed by atoms with van der Waals surface area (Å²) in [4.78, 5) is 28.7. The van der Waals surface area contributed by atoms with E-state index in [0.29, 0.717) is 12.1 Å². The summed E-state index contributed by atoms with van der Waals surface area (Å²) in [5.74, 6) is -0.809. The van der Waals surface area contributed by atoms with Gasteiger partial charge in [-0.2, -0.15) is 0 Å². The predicted molar refractivity (Wildman–Crippen MR) is 100 cm³/mol. The second-order valence-electron chi connectivity index (χ2n) is 6.25. The molecule has 3 N–H and O–H groups in total. The highest BCUT2D eigenvalue weighted by Crippen LogP contribution is 2.17. The minimum atomic E-state index is -0.644. The number of anilines is 1. The summed E-state index contributed by atoms with van der Waals surface area (Å²) < 4.78 is 1.63.